The van der Waals surface area contributed by atoms with Crippen molar-refractivity contribution in [3.8, 4) is 0 Å². The fourth-order valence-corrected chi connectivity index (χ4v) is 9.51. The molecule has 182 valence electrons. The van der Waals surface area contributed by atoms with Crippen molar-refractivity contribution in [3.63, 3.8) is 0 Å². The third-order valence-electron chi connectivity index (χ3n) is 11.9. The van der Waals surface area contributed by atoms with Gasteiger partial charge in [0.2, 0.25) is 0 Å². The molecule has 8 atom stereocenters. The fraction of sp³-hybridized carbons (Fsp3) is 0.867. The minimum absolute atomic E-state index is 0.0175. The number of aliphatic hydroxyl groups excluding tert-OH is 2. The van der Waals surface area contributed by atoms with E-state index in [-0.39, 0.29) is 18.1 Å². The summed E-state index contributed by atoms with van der Waals surface area (Å²) in [6.45, 7) is 17.2. The van der Waals surface area contributed by atoms with Crippen LogP contribution in [0.4, 0.5) is 0 Å². The van der Waals surface area contributed by atoms with E-state index in [2.05, 4.69) is 53.7 Å². The topological polar surface area (TPSA) is 40.5 Å². The third-order valence-corrected chi connectivity index (χ3v) is 11.9. The Labute approximate surface area is 198 Å². The van der Waals surface area contributed by atoms with E-state index in [0.29, 0.717) is 28.1 Å². The lowest BCUT2D eigenvalue weighted by Crippen LogP contribution is -2.58. The van der Waals surface area contributed by atoms with Crippen molar-refractivity contribution in [2.45, 2.75) is 112 Å². The van der Waals surface area contributed by atoms with Crippen LogP contribution in [0.1, 0.15) is 106 Å². The first-order valence-electron chi connectivity index (χ1n) is 13.6. The van der Waals surface area contributed by atoms with Gasteiger partial charge < -0.3 is 10.2 Å². The lowest BCUT2D eigenvalue weighted by molar-refractivity contribution is -0.131. The van der Waals surface area contributed by atoms with Gasteiger partial charge in [-0.2, -0.15) is 0 Å². The molecule has 2 N–H and O–H groups in total. The quantitative estimate of drug-likeness (QED) is 0.438. The standard InChI is InChI=1S/C30H50O2/c1-20(19-31)9-8-10-21(2)22-13-17-30(7)24-11-12-25-27(3,4)26(32)15-16-28(25,5)23(24)14-18-29(22,30)6/h9,11,21-23,25-26,31-32H,8,10,12-19H2,1-7H3/b20-9-/t21-,22?,23?,25?,26+,28-,29+,30-/m1/s1. The summed E-state index contributed by atoms with van der Waals surface area (Å²) in [4.78, 5) is 0. The Balaban J connectivity index is 1.59. The van der Waals surface area contributed by atoms with E-state index in [1.165, 1.54) is 38.5 Å². The normalized spacial score (nSPS) is 46.7. The summed E-state index contributed by atoms with van der Waals surface area (Å²) in [5.74, 6) is 2.83. The minimum Gasteiger partial charge on any atom is -0.393 e. The van der Waals surface area contributed by atoms with Gasteiger partial charge in [-0.05, 0) is 110 Å². The van der Waals surface area contributed by atoms with Crippen LogP contribution in [0.25, 0.3) is 0 Å². The van der Waals surface area contributed by atoms with Gasteiger partial charge in [-0.15, -0.1) is 0 Å². The molecule has 0 aliphatic heterocycles. The van der Waals surface area contributed by atoms with E-state index >= 15 is 0 Å². The van der Waals surface area contributed by atoms with Gasteiger partial charge in [-0.1, -0.05) is 64.8 Å². The number of hydrogen-bond donors (Lipinski definition) is 2. The van der Waals surface area contributed by atoms with Gasteiger partial charge in [0.15, 0.2) is 0 Å². The lowest BCUT2D eigenvalue weighted by atomic mass is 9.41. The van der Waals surface area contributed by atoms with Gasteiger partial charge in [0, 0.05) is 0 Å². The maximum Gasteiger partial charge on any atom is 0.0639 e. The van der Waals surface area contributed by atoms with Gasteiger partial charge in [-0.3, -0.25) is 0 Å². The van der Waals surface area contributed by atoms with Crippen LogP contribution in [-0.4, -0.2) is 22.9 Å². The van der Waals surface area contributed by atoms with E-state index in [1.807, 2.05) is 12.5 Å². The van der Waals surface area contributed by atoms with Gasteiger partial charge >= 0.3 is 0 Å². The summed E-state index contributed by atoms with van der Waals surface area (Å²) >= 11 is 0. The number of allylic oxidation sites excluding steroid dienone is 3. The highest BCUT2D eigenvalue weighted by Gasteiger charge is 2.65. The minimum atomic E-state index is -0.153. The van der Waals surface area contributed by atoms with Gasteiger partial charge in [0.25, 0.3) is 0 Å². The van der Waals surface area contributed by atoms with Gasteiger partial charge in [-0.25, -0.2) is 0 Å². The van der Waals surface area contributed by atoms with E-state index < -0.39 is 0 Å². The first kappa shape index (κ1) is 24.5. The van der Waals surface area contributed by atoms with Crippen LogP contribution in [-0.2, 0) is 0 Å². The molecule has 2 heteroatoms. The van der Waals surface area contributed by atoms with Crippen molar-refractivity contribution in [1.82, 2.24) is 0 Å². The third kappa shape index (κ3) is 3.41. The zero-order valence-corrected chi connectivity index (χ0v) is 22.0. The number of rotatable bonds is 5. The molecule has 0 heterocycles. The molecular weight excluding hydrogens is 392 g/mol. The molecule has 0 spiro atoms. The predicted octanol–water partition coefficient (Wildman–Crippen LogP) is 7.31. The Morgan fingerprint density at radius 2 is 1.81 bits per heavy atom. The molecule has 0 aromatic carbocycles. The zero-order valence-electron chi connectivity index (χ0n) is 22.0. The molecule has 4 aliphatic carbocycles. The second-order valence-electron chi connectivity index (χ2n) is 13.6. The molecule has 0 aromatic heterocycles. The van der Waals surface area contributed by atoms with Crippen LogP contribution in [0.2, 0.25) is 0 Å². The van der Waals surface area contributed by atoms with Crippen LogP contribution in [0.3, 0.4) is 0 Å². The molecule has 32 heavy (non-hydrogen) atoms. The Kier molecular flexibility index (Phi) is 6.33. The van der Waals surface area contributed by atoms with Crippen LogP contribution in [0.15, 0.2) is 23.3 Å². The first-order valence-corrected chi connectivity index (χ1v) is 13.6. The Morgan fingerprint density at radius 1 is 1.09 bits per heavy atom. The summed E-state index contributed by atoms with van der Waals surface area (Å²) < 4.78 is 0. The zero-order chi connectivity index (χ0) is 23.5. The van der Waals surface area contributed by atoms with Crippen molar-refractivity contribution < 1.29 is 10.2 Å². The molecule has 0 aromatic rings. The molecule has 4 aliphatic rings. The monoisotopic (exact) mass is 442 g/mol. The summed E-state index contributed by atoms with van der Waals surface area (Å²) in [6, 6.07) is 0. The highest BCUT2D eigenvalue weighted by atomic mass is 16.3. The van der Waals surface area contributed by atoms with Crippen LogP contribution >= 0.6 is 0 Å². The van der Waals surface area contributed by atoms with Crippen molar-refractivity contribution in [2.75, 3.05) is 6.61 Å². The molecule has 3 fully saturated rings. The maximum absolute atomic E-state index is 10.8. The van der Waals surface area contributed by atoms with Crippen LogP contribution in [0, 0.1) is 45.3 Å². The summed E-state index contributed by atoms with van der Waals surface area (Å²) in [7, 11) is 0. The lowest BCUT2D eigenvalue weighted by Gasteiger charge is -2.64. The van der Waals surface area contributed by atoms with E-state index in [0.717, 1.165) is 36.7 Å². The molecular formula is C30H50O2. The SMILES string of the molecule is C/C(=C/CC[C@@H](C)C1CC[C@]2(C)C3=CCC4C(C)(C)[C@@H](O)CC[C@]4(C)C3CC[C@@]12C)CO. The molecule has 3 saturated carbocycles. The van der Waals surface area contributed by atoms with Crippen molar-refractivity contribution in [1.29, 1.82) is 0 Å². The van der Waals surface area contributed by atoms with E-state index in [9.17, 15) is 10.2 Å². The first-order chi connectivity index (χ1) is 14.9. The van der Waals surface area contributed by atoms with Crippen molar-refractivity contribution in [2.24, 2.45) is 45.3 Å². The second-order valence-corrected chi connectivity index (χ2v) is 13.6. The van der Waals surface area contributed by atoms with Crippen molar-refractivity contribution >= 4 is 0 Å². The van der Waals surface area contributed by atoms with E-state index in [4.69, 9.17) is 0 Å². The summed E-state index contributed by atoms with van der Waals surface area (Å²) in [6.07, 6.45) is 15.8. The maximum atomic E-state index is 10.8. The van der Waals surface area contributed by atoms with Gasteiger partial charge in [0.1, 0.15) is 0 Å². The van der Waals surface area contributed by atoms with Crippen LogP contribution in [0.5, 0.6) is 0 Å². The van der Waals surface area contributed by atoms with E-state index in [1.54, 1.807) is 0 Å². The molecule has 4 rings (SSSR count). The molecule has 0 amide bonds. The van der Waals surface area contributed by atoms with Crippen molar-refractivity contribution in [3.05, 3.63) is 23.3 Å². The summed E-state index contributed by atoms with van der Waals surface area (Å²) in [5.41, 5.74) is 4.01. The highest BCUT2D eigenvalue weighted by molar-refractivity contribution is 5.33. The number of hydrogen-bond acceptors (Lipinski definition) is 2. The summed E-state index contributed by atoms with van der Waals surface area (Å²) in [5, 5.41) is 20.1. The molecule has 0 saturated heterocycles. The highest BCUT2D eigenvalue weighted by Crippen LogP contribution is 2.73. The van der Waals surface area contributed by atoms with Crippen LogP contribution < -0.4 is 0 Å². The predicted molar refractivity (Wildman–Crippen MR) is 134 cm³/mol. The second kappa shape index (κ2) is 8.26. The average molecular weight is 443 g/mol. The number of aliphatic hydroxyl groups is 2. The molecule has 2 nitrogen and oxygen atoms in total. The average Bonchev–Trinajstić information content (AvgIpc) is 3.02. The smallest absolute Gasteiger partial charge is 0.0639 e. The molecule has 0 bridgehead atoms. The molecule has 0 radical (unpaired) electrons. The Bertz CT molecular complexity index is 778. The molecule has 3 unspecified atom stereocenters. The van der Waals surface area contributed by atoms with Gasteiger partial charge in [0.05, 0.1) is 12.7 Å². The number of fused-ring (bicyclic) bond motifs is 5. The fourth-order valence-electron chi connectivity index (χ4n) is 9.51. The Morgan fingerprint density at radius 3 is 2.50 bits per heavy atom. The Hall–Kier alpha value is -0.600. The largest absolute Gasteiger partial charge is 0.393 e.